The lowest BCUT2D eigenvalue weighted by Crippen LogP contribution is -2.00. The Labute approximate surface area is 110 Å². The van der Waals surface area contributed by atoms with Crippen LogP contribution in [-0.4, -0.2) is 7.11 Å². The number of ether oxygens (including phenoxy) is 1. The number of hydrogen-bond donors (Lipinski definition) is 0. The van der Waals surface area contributed by atoms with Gasteiger partial charge in [-0.05, 0) is 60.0 Å². The second-order valence-electron chi connectivity index (χ2n) is 4.90. The van der Waals surface area contributed by atoms with E-state index in [9.17, 15) is 0 Å². The van der Waals surface area contributed by atoms with Crippen LogP contribution >= 0.6 is 0 Å². The van der Waals surface area contributed by atoms with Crippen molar-refractivity contribution in [3.63, 3.8) is 0 Å². The van der Waals surface area contributed by atoms with Gasteiger partial charge in [0.1, 0.15) is 5.75 Å². The second-order valence-corrected chi connectivity index (χ2v) is 4.90. The average molecular weight is 239 g/mol. The van der Waals surface area contributed by atoms with Crippen LogP contribution in [0, 0.1) is 0 Å². The van der Waals surface area contributed by atoms with E-state index in [-0.39, 0.29) is 0 Å². The number of hydrogen-bond acceptors (Lipinski definition) is 1. The van der Waals surface area contributed by atoms with Crippen molar-refractivity contribution in [1.82, 2.24) is 0 Å². The van der Waals surface area contributed by atoms with Crippen molar-refractivity contribution >= 4 is 0 Å². The first kappa shape index (κ1) is 10.2. The number of fused-ring (bicyclic) bond motifs is 4. The summed E-state index contributed by atoms with van der Waals surface area (Å²) in [4.78, 5) is 0. The maximum Gasteiger partial charge on any atom is 0.119 e. The van der Waals surface area contributed by atoms with E-state index in [1.165, 1.54) is 16.7 Å². The van der Waals surface area contributed by atoms with E-state index in [0.29, 0.717) is 11.8 Å². The number of methoxy groups -OCH3 is 1. The number of benzene rings is 2. The molecule has 0 heterocycles. The molecule has 3 rings (SSSR count). The van der Waals surface area contributed by atoms with Crippen LogP contribution in [0.15, 0.2) is 42.4 Å². The average Bonchev–Trinajstić information content (AvgIpc) is 2.44. The third-order valence-electron chi connectivity index (χ3n) is 3.56. The molecule has 0 aliphatic heterocycles. The van der Waals surface area contributed by atoms with Crippen molar-refractivity contribution in [1.29, 1.82) is 0 Å². The van der Waals surface area contributed by atoms with Crippen LogP contribution in [0.2, 0.25) is 0 Å². The number of rotatable bonds is 1. The summed E-state index contributed by atoms with van der Waals surface area (Å²) >= 11 is 0. The van der Waals surface area contributed by atoms with E-state index in [4.69, 9.17) is 6.11 Å². The Kier molecular flexibility index (Phi) is 2.75. The predicted molar refractivity (Wildman–Crippen MR) is 74.3 cm³/mol. The summed E-state index contributed by atoms with van der Waals surface area (Å²) in [6.45, 7) is 0. The minimum absolute atomic E-state index is 0.544. The monoisotopic (exact) mass is 239 g/mol. The Morgan fingerprint density at radius 3 is 2.22 bits per heavy atom. The summed E-state index contributed by atoms with van der Waals surface area (Å²) in [7, 11) is 1.65. The molecule has 92 valence electrons. The van der Waals surface area contributed by atoms with Gasteiger partial charge in [-0.15, -0.1) is 0 Å². The molecule has 0 unspecified atom stereocenters. The van der Waals surface area contributed by atoms with Crippen molar-refractivity contribution in [2.24, 2.45) is 0 Å². The molecule has 0 N–H and O–H groups in total. The fourth-order valence-electron chi connectivity index (χ4n) is 2.56. The Morgan fingerprint density at radius 2 is 1.50 bits per heavy atom. The quantitative estimate of drug-likeness (QED) is 0.739. The van der Waals surface area contributed by atoms with E-state index in [0.717, 1.165) is 31.2 Å². The summed E-state index contributed by atoms with van der Waals surface area (Å²) in [5.41, 5.74) is 5.13. The SMILES string of the molecule is [2H]c1c2cc(cc1OC)CCc1cccc(c1)CC2. The molecular formula is C17H18O. The van der Waals surface area contributed by atoms with Gasteiger partial charge in [0.25, 0.3) is 0 Å². The van der Waals surface area contributed by atoms with Gasteiger partial charge in [-0.25, -0.2) is 0 Å². The van der Waals surface area contributed by atoms with Crippen LogP contribution in [0.4, 0.5) is 0 Å². The van der Waals surface area contributed by atoms with Crippen molar-refractivity contribution in [2.75, 3.05) is 7.11 Å². The lowest BCUT2D eigenvalue weighted by atomic mass is 9.95. The van der Waals surface area contributed by atoms with E-state index in [2.05, 4.69) is 30.3 Å². The first-order chi connectivity index (χ1) is 9.26. The van der Waals surface area contributed by atoms with Gasteiger partial charge in [-0.3, -0.25) is 0 Å². The maximum absolute atomic E-state index is 8.17. The predicted octanol–water partition coefficient (Wildman–Crippen LogP) is 3.58. The van der Waals surface area contributed by atoms with Gasteiger partial charge in [-0.1, -0.05) is 30.3 Å². The Morgan fingerprint density at radius 1 is 0.889 bits per heavy atom. The van der Waals surface area contributed by atoms with E-state index < -0.39 is 0 Å². The molecule has 4 bridgehead atoms. The lowest BCUT2D eigenvalue weighted by molar-refractivity contribution is 0.413. The van der Waals surface area contributed by atoms with Crippen LogP contribution in [0.5, 0.6) is 5.75 Å². The summed E-state index contributed by atoms with van der Waals surface area (Å²) in [6.07, 6.45) is 3.96. The molecule has 0 aromatic heterocycles. The molecule has 2 aromatic rings. The third kappa shape index (κ3) is 2.40. The second kappa shape index (κ2) is 4.85. The van der Waals surface area contributed by atoms with Gasteiger partial charge in [0.05, 0.1) is 8.48 Å². The van der Waals surface area contributed by atoms with Gasteiger partial charge in [0, 0.05) is 0 Å². The minimum Gasteiger partial charge on any atom is -0.497 e. The van der Waals surface area contributed by atoms with Crippen LogP contribution in [0.1, 0.15) is 23.6 Å². The van der Waals surface area contributed by atoms with E-state index >= 15 is 0 Å². The zero-order chi connectivity index (χ0) is 13.2. The van der Waals surface area contributed by atoms with Crippen molar-refractivity contribution in [3.05, 3.63) is 64.7 Å². The molecule has 18 heavy (non-hydrogen) atoms. The molecule has 0 saturated carbocycles. The van der Waals surface area contributed by atoms with E-state index in [1.807, 2.05) is 6.07 Å². The fourth-order valence-corrected chi connectivity index (χ4v) is 2.56. The Bertz CT molecular complexity index is 604. The Balaban J connectivity index is 2.03. The summed E-state index contributed by atoms with van der Waals surface area (Å²) in [5.74, 6) is 0.705. The van der Waals surface area contributed by atoms with E-state index in [1.54, 1.807) is 7.11 Å². The van der Waals surface area contributed by atoms with Gasteiger partial charge in [-0.2, -0.15) is 0 Å². The normalized spacial score (nSPS) is 14.8. The van der Waals surface area contributed by atoms with Gasteiger partial charge in [0.15, 0.2) is 0 Å². The molecule has 0 radical (unpaired) electrons. The van der Waals surface area contributed by atoms with Gasteiger partial charge >= 0.3 is 0 Å². The molecule has 1 nitrogen and oxygen atoms in total. The standard InChI is InChI=1S/C17H18O/c1-18-17-11-15-7-5-13-3-2-4-14(9-13)6-8-16(10-15)12-17/h2-4,9-12H,5-8H2,1H3/i11D. The molecule has 0 saturated heterocycles. The molecule has 0 spiro atoms. The Hall–Kier alpha value is -1.76. The zero-order valence-corrected chi connectivity index (χ0v) is 10.7. The topological polar surface area (TPSA) is 9.23 Å². The molecule has 2 aromatic carbocycles. The zero-order valence-electron chi connectivity index (χ0n) is 11.7. The van der Waals surface area contributed by atoms with Crippen LogP contribution in [0.25, 0.3) is 0 Å². The highest BCUT2D eigenvalue weighted by Crippen LogP contribution is 2.22. The largest absolute Gasteiger partial charge is 0.497 e. The molecule has 1 aliphatic rings. The van der Waals surface area contributed by atoms with Crippen LogP contribution in [-0.2, 0) is 25.7 Å². The van der Waals surface area contributed by atoms with Crippen LogP contribution < -0.4 is 4.74 Å². The first-order valence-corrected chi connectivity index (χ1v) is 6.50. The van der Waals surface area contributed by atoms with Crippen molar-refractivity contribution in [2.45, 2.75) is 25.7 Å². The van der Waals surface area contributed by atoms with Crippen LogP contribution in [0.3, 0.4) is 0 Å². The highest BCUT2D eigenvalue weighted by Gasteiger charge is 2.06. The maximum atomic E-state index is 8.17. The third-order valence-corrected chi connectivity index (χ3v) is 3.56. The lowest BCUT2D eigenvalue weighted by Gasteiger charge is -2.12. The van der Waals surface area contributed by atoms with Gasteiger partial charge in [0.2, 0.25) is 0 Å². The molecule has 1 heteroatoms. The smallest absolute Gasteiger partial charge is 0.119 e. The fraction of sp³-hybridized carbons (Fsp3) is 0.294. The molecular weight excluding hydrogens is 220 g/mol. The summed E-state index contributed by atoms with van der Waals surface area (Å²) < 4.78 is 13.5. The van der Waals surface area contributed by atoms with Crippen molar-refractivity contribution < 1.29 is 6.11 Å². The van der Waals surface area contributed by atoms with Crippen molar-refractivity contribution in [3.8, 4) is 5.75 Å². The minimum atomic E-state index is 0.544. The highest BCUT2D eigenvalue weighted by molar-refractivity contribution is 5.37. The molecule has 1 aliphatic carbocycles. The number of aryl methyl sites for hydroxylation is 4. The molecule has 0 atom stereocenters. The summed E-state index contributed by atoms with van der Waals surface area (Å²) in [6, 6.07) is 13.5. The first-order valence-electron chi connectivity index (χ1n) is 7.00. The molecule has 0 amide bonds. The summed E-state index contributed by atoms with van der Waals surface area (Å²) in [5, 5.41) is 0. The van der Waals surface area contributed by atoms with Gasteiger partial charge < -0.3 is 4.74 Å². The highest BCUT2D eigenvalue weighted by atomic mass is 16.5. The molecule has 0 fully saturated rings.